The Balaban J connectivity index is 2.19. The van der Waals surface area contributed by atoms with Gasteiger partial charge in [0, 0.05) is 18.3 Å². The second kappa shape index (κ2) is 5.04. The number of ether oxygens (including phenoxy) is 2. The van der Waals surface area contributed by atoms with Crippen molar-refractivity contribution in [1.82, 2.24) is 0 Å². The summed E-state index contributed by atoms with van der Waals surface area (Å²) < 4.78 is 11.3. The van der Waals surface area contributed by atoms with Crippen molar-refractivity contribution in [1.29, 1.82) is 0 Å². The summed E-state index contributed by atoms with van der Waals surface area (Å²) in [6.45, 7) is 9.25. The summed E-state index contributed by atoms with van der Waals surface area (Å²) in [5.74, 6) is 0.707. The Hall–Kier alpha value is -0.830. The summed E-state index contributed by atoms with van der Waals surface area (Å²) in [7, 11) is 0. The third-order valence-electron chi connectivity index (χ3n) is 4.69. The van der Waals surface area contributed by atoms with Gasteiger partial charge in [0.2, 0.25) is 0 Å². The van der Waals surface area contributed by atoms with Gasteiger partial charge in [-0.2, -0.15) is 0 Å². The summed E-state index contributed by atoms with van der Waals surface area (Å²) in [5, 5.41) is 0. The van der Waals surface area contributed by atoms with E-state index < -0.39 is 0 Å². The first-order chi connectivity index (χ1) is 8.48. The second-order valence-corrected chi connectivity index (χ2v) is 5.91. The van der Waals surface area contributed by atoms with Gasteiger partial charge < -0.3 is 9.47 Å². The molecule has 0 aromatic heterocycles. The number of fused-ring (bicyclic) bond motifs is 2. The minimum absolute atomic E-state index is 0.0124. The molecule has 4 atom stereocenters. The topological polar surface area (TPSA) is 35.5 Å². The number of hydrogen-bond acceptors (Lipinski definition) is 3. The van der Waals surface area contributed by atoms with E-state index in [-0.39, 0.29) is 11.4 Å². The number of hydrogen-bond donors (Lipinski definition) is 0. The summed E-state index contributed by atoms with van der Waals surface area (Å²) in [5.41, 5.74) is 1.43. The van der Waals surface area contributed by atoms with Gasteiger partial charge in [-0.05, 0) is 25.7 Å². The van der Waals surface area contributed by atoms with Crippen LogP contribution in [0.3, 0.4) is 0 Å². The van der Waals surface area contributed by atoms with E-state index in [0.717, 1.165) is 12.8 Å². The van der Waals surface area contributed by atoms with E-state index in [9.17, 15) is 4.79 Å². The van der Waals surface area contributed by atoms with Gasteiger partial charge in [0.1, 0.15) is 0 Å². The molecule has 0 aromatic rings. The lowest BCUT2D eigenvalue weighted by atomic mass is 9.62. The SMILES string of the molecule is CC[C@H]1OC[C@]2(COC(C)=O)C[C@H]1C(C)=C[C@H]2C. The Morgan fingerprint density at radius 3 is 2.94 bits per heavy atom. The normalized spacial score (nSPS) is 39.1. The van der Waals surface area contributed by atoms with Crippen molar-refractivity contribution in [2.45, 2.75) is 46.6 Å². The molecule has 102 valence electrons. The molecule has 0 amide bonds. The van der Waals surface area contributed by atoms with Gasteiger partial charge in [-0.1, -0.05) is 25.5 Å². The fourth-order valence-corrected chi connectivity index (χ4v) is 3.36. The molecule has 1 fully saturated rings. The molecular formula is C15H24O3. The standard InChI is InChI=1S/C15H24O3/c1-5-14-13-7-15(9-18-14,8-17-12(4)16)11(3)6-10(13)2/h6,11,13-14H,5,7-9H2,1-4H3/t11-,13+,14-,15-/m1/s1. The van der Waals surface area contributed by atoms with Crippen LogP contribution in [-0.4, -0.2) is 25.3 Å². The van der Waals surface area contributed by atoms with Gasteiger partial charge in [0.25, 0.3) is 0 Å². The number of rotatable bonds is 3. The van der Waals surface area contributed by atoms with Crippen LogP contribution in [0.15, 0.2) is 11.6 Å². The van der Waals surface area contributed by atoms with Crippen molar-refractivity contribution in [2.75, 3.05) is 13.2 Å². The number of carbonyl (C=O) groups excluding carboxylic acids is 1. The molecule has 0 aromatic carbocycles. The third-order valence-corrected chi connectivity index (χ3v) is 4.69. The molecule has 1 aliphatic heterocycles. The minimum Gasteiger partial charge on any atom is -0.465 e. The maximum atomic E-state index is 11.1. The summed E-state index contributed by atoms with van der Waals surface area (Å²) in [6, 6.07) is 0. The van der Waals surface area contributed by atoms with E-state index in [0.29, 0.717) is 31.2 Å². The lowest BCUT2D eigenvalue weighted by Gasteiger charge is -2.50. The zero-order chi connectivity index (χ0) is 13.3. The molecule has 18 heavy (non-hydrogen) atoms. The predicted molar refractivity (Wildman–Crippen MR) is 70.1 cm³/mol. The van der Waals surface area contributed by atoms with Crippen LogP contribution in [-0.2, 0) is 14.3 Å². The quantitative estimate of drug-likeness (QED) is 0.572. The van der Waals surface area contributed by atoms with Crippen LogP contribution in [0.5, 0.6) is 0 Å². The molecule has 1 heterocycles. The molecule has 3 heteroatoms. The summed E-state index contributed by atoms with van der Waals surface area (Å²) in [6.07, 6.45) is 4.82. The van der Waals surface area contributed by atoms with E-state index in [1.807, 2.05) is 0 Å². The average Bonchev–Trinajstić information content (AvgIpc) is 2.34. The van der Waals surface area contributed by atoms with E-state index in [1.54, 1.807) is 0 Å². The monoisotopic (exact) mass is 252 g/mol. The molecule has 2 bridgehead atoms. The smallest absolute Gasteiger partial charge is 0.302 e. The first-order valence-corrected chi connectivity index (χ1v) is 6.92. The third kappa shape index (κ3) is 2.33. The fourth-order valence-electron chi connectivity index (χ4n) is 3.36. The van der Waals surface area contributed by atoms with E-state index in [4.69, 9.17) is 9.47 Å². The van der Waals surface area contributed by atoms with Gasteiger partial charge in [-0.25, -0.2) is 0 Å². The van der Waals surface area contributed by atoms with Gasteiger partial charge in [0.05, 0.1) is 19.3 Å². The molecule has 2 rings (SSSR count). The number of esters is 1. The summed E-state index contributed by atoms with van der Waals surface area (Å²) in [4.78, 5) is 11.1. The molecular weight excluding hydrogens is 228 g/mol. The number of carbonyl (C=O) groups is 1. The van der Waals surface area contributed by atoms with Crippen LogP contribution < -0.4 is 0 Å². The molecule has 0 unspecified atom stereocenters. The van der Waals surface area contributed by atoms with Crippen molar-refractivity contribution >= 4 is 5.97 Å². The predicted octanol–water partition coefficient (Wildman–Crippen LogP) is 2.95. The minimum atomic E-state index is -0.197. The molecule has 2 aliphatic rings. The van der Waals surface area contributed by atoms with E-state index in [1.165, 1.54) is 12.5 Å². The van der Waals surface area contributed by atoms with Crippen molar-refractivity contribution in [3.63, 3.8) is 0 Å². The number of allylic oxidation sites excluding steroid dienone is 1. The van der Waals surface area contributed by atoms with Crippen LogP contribution in [0, 0.1) is 17.3 Å². The van der Waals surface area contributed by atoms with Gasteiger partial charge in [-0.3, -0.25) is 4.79 Å². The van der Waals surface area contributed by atoms with Crippen LogP contribution in [0.25, 0.3) is 0 Å². The first-order valence-electron chi connectivity index (χ1n) is 6.92. The van der Waals surface area contributed by atoms with Crippen LogP contribution >= 0.6 is 0 Å². The second-order valence-electron chi connectivity index (χ2n) is 5.91. The highest BCUT2D eigenvalue weighted by Crippen LogP contribution is 2.49. The van der Waals surface area contributed by atoms with Gasteiger partial charge >= 0.3 is 5.97 Å². The van der Waals surface area contributed by atoms with E-state index in [2.05, 4.69) is 26.8 Å². The molecule has 0 spiro atoms. The lowest BCUT2D eigenvalue weighted by molar-refractivity contribution is -0.161. The fraction of sp³-hybridized carbons (Fsp3) is 0.800. The van der Waals surface area contributed by atoms with Gasteiger partial charge in [0.15, 0.2) is 0 Å². The van der Waals surface area contributed by atoms with Crippen molar-refractivity contribution in [2.24, 2.45) is 17.3 Å². The Kier molecular flexibility index (Phi) is 3.81. The van der Waals surface area contributed by atoms with Gasteiger partial charge in [-0.15, -0.1) is 0 Å². The van der Waals surface area contributed by atoms with Crippen molar-refractivity contribution in [3.8, 4) is 0 Å². The average molecular weight is 252 g/mol. The van der Waals surface area contributed by atoms with Crippen molar-refractivity contribution in [3.05, 3.63) is 11.6 Å². The summed E-state index contributed by atoms with van der Waals surface area (Å²) >= 11 is 0. The van der Waals surface area contributed by atoms with Crippen LogP contribution in [0.4, 0.5) is 0 Å². The Morgan fingerprint density at radius 2 is 2.33 bits per heavy atom. The maximum Gasteiger partial charge on any atom is 0.302 e. The molecule has 1 aliphatic carbocycles. The molecule has 0 N–H and O–H groups in total. The highest BCUT2D eigenvalue weighted by Gasteiger charge is 2.48. The highest BCUT2D eigenvalue weighted by molar-refractivity contribution is 5.65. The molecule has 0 saturated carbocycles. The first kappa shape index (κ1) is 13.6. The Morgan fingerprint density at radius 1 is 1.61 bits per heavy atom. The molecule has 3 nitrogen and oxygen atoms in total. The molecule has 1 saturated heterocycles. The zero-order valence-electron chi connectivity index (χ0n) is 11.9. The lowest BCUT2D eigenvalue weighted by Crippen LogP contribution is -2.50. The zero-order valence-corrected chi connectivity index (χ0v) is 11.9. The largest absolute Gasteiger partial charge is 0.465 e. The van der Waals surface area contributed by atoms with Crippen LogP contribution in [0.1, 0.15) is 40.5 Å². The maximum absolute atomic E-state index is 11.1. The highest BCUT2D eigenvalue weighted by atomic mass is 16.5. The van der Waals surface area contributed by atoms with Crippen LogP contribution in [0.2, 0.25) is 0 Å². The molecule has 0 radical (unpaired) electrons. The van der Waals surface area contributed by atoms with Crippen molar-refractivity contribution < 1.29 is 14.3 Å². The van der Waals surface area contributed by atoms with E-state index >= 15 is 0 Å². The Labute approximate surface area is 110 Å². The Bertz CT molecular complexity index is 361.